The van der Waals surface area contributed by atoms with Crippen LogP contribution in [0.25, 0.3) is 0 Å². The molecule has 0 aromatic carbocycles. The van der Waals surface area contributed by atoms with Crippen LogP contribution < -0.4 is 11.3 Å². The van der Waals surface area contributed by atoms with E-state index >= 15 is 0 Å². The van der Waals surface area contributed by atoms with Crippen molar-refractivity contribution in [2.24, 2.45) is 5.73 Å². The fourth-order valence-corrected chi connectivity index (χ4v) is 1.01. The van der Waals surface area contributed by atoms with Crippen LogP contribution in [0.3, 0.4) is 0 Å². The molecule has 1 aromatic heterocycles. The number of halogens is 2. The maximum Gasteiger partial charge on any atom is 0.265 e. The van der Waals surface area contributed by atoms with Crippen molar-refractivity contribution in [1.29, 1.82) is 0 Å². The number of H-pyrrole nitrogens is 1. The van der Waals surface area contributed by atoms with Gasteiger partial charge in [0, 0.05) is 11.1 Å². The summed E-state index contributed by atoms with van der Waals surface area (Å²) < 4.78 is 24.7. The second-order valence-electron chi connectivity index (χ2n) is 2.76. The van der Waals surface area contributed by atoms with E-state index in [-0.39, 0.29) is 11.3 Å². The van der Waals surface area contributed by atoms with Gasteiger partial charge in [-0.05, 0) is 13.0 Å². The molecule has 4 nitrogen and oxygen atoms in total. The molecule has 0 aliphatic rings. The molecule has 3 N–H and O–H groups in total. The number of primary amides is 1. The summed E-state index contributed by atoms with van der Waals surface area (Å²) in [6.07, 6.45) is -2.80. The quantitative estimate of drug-likeness (QED) is 0.741. The minimum absolute atomic E-state index is 0.106. The van der Waals surface area contributed by atoms with E-state index in [1.807, 2.05) is 0 Å². The molecular formula is C8H8F2N2O2. The molecule has 0 radical (unpaired) electrons. The van der Waals surface area contributed by atoms with Gasteiger partial charge in [-0.15, -0.1) is 0 Å². The highest BCUT2D eigenvalue weighted by Crippen LogP contribution is 2.20. The highest BCUT2D eigenvalue weighted by molar-refractivity contribution is 5.90. The van der Waals surface area contributed by atoms with Gasteiger partial charge in [-0.2, -0.15) is 0 Å². The highest BCUT2D eigenvalue weighted by atomic mass is 19.3. The van der Waals surface area contributed by atoms with Crippen LogP contribution in [-0.2, 0) is 0 Å². The number of rotatable bonds is 2. The first kappa shape index (κ1) is 10.4. The summed E-state index contributed by atoms with van der Waals surface area (Å²) in [5.74, 6) is -0.941. The number of carbonyl (C=O) groups is 1. The average Bonchev–Trinajstić information content (AvgIpc) is 2.08. The molecule has 1 rings (SSSR count). The first-order valence-corrected chi connectivity index (χ1v) is 3.75. The van der Waals surface area contributed by atoms with Crippen molar-refractivity contribution in [3.8, 4) is 0 Å². The first-order chi connectivity index (χ1) is 6.43. The number of nitrogens with one attached hydrogen (secondary N) is 1. The van der Waals surface area contributed by atoms with Crippen LogP contribution in [0.5, 0.6) is 0 Å². The van der Waals surface area contributed by atoms with E-state index in [9.17, 15) is 18.4 Å². The fraction of sp³-hybridized carbons (Fsp3) is 0.250. The molecule has 1 amide bonds. The van der Waals surface area contributed by atoms with Crippen LogP contribution in [-0.4, -0.2) is 10.9 Å². The third-order valence-corrected chi connectivity index (χ3v) is 1.82. The van der Waals surface area contributed by atoms with Gasteiger partial charge in [0.15, 0.2) is 0 Å². The Morgan fingerprint density at radius 1 is 1.57 bits per heavy atom. The van der Waals surface area contributed by atoms with Crippen molar-refractivity contribution in [3.05, 3.63) is 33.2 Å². The number of nitrogens with two attached hydrogens (primary N) is 1. The number of aromatic amines is 1. The molecule has 1 aromatic rings. The number of pyridine rings is 1. The Balaban J connectivity index is 3.43. The Labute approximate surface area is 77.7 Å². The summed E-state index contributed by atoms with van der Waals surface area (Å²) >= 11 is 0. The van der Waals surface area contributed by atoms with Gasteiger partial charge in [0.1, 0.15) is 5.69 Å². The Bertz CT molecular complexity index is 426. The zero-order valence-electron chi connectivity index (χ0n) is 7.30. The predicted octanol–water partition coefficient (Wildman–Crippen LogP) is 0.720. The highest BCUT2D eigenvalue weighted by Gasteiger charge is 2.15. The predicted molar refractivity (Wildman–Crippen MR) is 45.3 cm³/mol. The molecule has 0 spiro atoms. The lowest BCUT2D eigenvalue weighted by Gasteiger charge is -2.04. The number of hydrogen-bond donors (Lipinski definition) is 2. The number of alkyl halides is 2. The van der Waals surface area contributed by atoms with Crippen LogP contribution in [0.2, 0.25) is 0 Å². The van der Waals surface area contributed by atoms with Crippen LogP contribution in [0.15, 0.2) is 10.9 Å². The van der Waals surface area contributed by atoms with Gasteiger partial charge in [-0.1, -0.05) is 0 Å². The molecule has 0 bridgehead atoms. The van der Waals surface area contributed by atoms with Crippen LogP contribution >= 0.6 is 0 Å². The Kier molecular flexibility index (Phi) is 2.64. The van der Waals surface area contributed by atoms with E-state index in [1.54, 1.807) is 0 Å². The molecule has 0 aliphatic heterocycles. The van der Waals surface area contributed by atoms with Crippen molar-refractivity contribution in [2.75, 3.05) is 0 Å². The topological polar surface area (TPSA) is 76.0 Å². The number of carbonyl (C=O) groups excluding carboxylic acids is 1. The SMILES string of the molecule is Cc1c(C(F)F)cc(C(N)=O)[nH]c1=O. The van der Waals surface area contributed by atoms with Crippen molar-refractivity contribution in [2.45, 2.75) is 13.3 Å². The normalized spacial score (nSPS) is 10.6. The lowest BCUT2D eigenvalue weighted by atomic mass is 10.1. The van der Waals surface area contributed by atoms with Gasteiger partial charge in [-0.25, -0.2) is 8.78 Å². The summed E-state index contributed by atoms with van der Waals surface area (Å²) in [6.45, 7) is 1.26. The Morgan fingerprint density at radius 2 is 2.14 bits per heavy atom. The summed E-state index contributed by atoms with van der Waals surface area (Å²) in [5, 5.41) is 0. The second kappa shape index (κ2) is 3.57. The Morgan fingerprint density at radius 3 is 2.57 bits per heavy atom. The summed E-state index contributed by atoms with van der Waals surface area (Å²) in [5.41, 5.74) is 3.24. The van der Waals surface area contributed by atoms with Crippen LogP contribution in [0.1, 0.15) is 28.0 Å². The molecule has 0 aliphatic carbocycles. The average molecular weight is 202 g/mol. The van der Waals surface area contributed by atoms with E-state index in [0.717, 1.165) is 6.07 Å². The summed E-state index contributed by atoms with van der Waals surface area (Å²) in [7, 11) is 0. The van der Waals surface area contributed by atoms with Crippen molar-refractivity contribution >= 4 is 5.91 Å². The lowest BCUT2D eigenvalue weighted by molar-refractivity contribution is 0.0994. The van der Waals surface area contributed by atoms with Gasteiger partial charge in [0.05, 0.1) is 0 Å². The Hall–Kier alpha value is -1.72. The maximum atomic E-state index is 12.3. The molecule has 0 unspecified atom stereocenters. The minimum Gasteiger partial charge on any atom is -0.364 e. The smallest absolute Gasteiger partial charge is 0.265 e. The number of hydrogen-bond acceptors (Lipinski definition) is 2. The van der Waals surface area contributed by atoms with Crippen molar-refractivity contribution in [3.63, 3.8) is 0 Å². The first-order valence-electron chi connectivity index (χ1n) is 3.75. The van der Waals surface area contributed by atoms with Gasteiger partial charge < -0.3 is 10.7 Å². The van der Waals surface area contributed by atoms with Gasteiger partial charge in [0.2, 0.25) is 0 Å². The summed E-state index contributed by atoms with van der Waals surface area (Å²) in [4.78, 5) is 23.8. The molecule has 0 saturated heterocycles. The molecule has 76 valence electrons. The zero-order valence-corrected chi connectivity index (χ0v) is 7.30. The molecular weight excluding hydrogens is 194 g/mol. The third-order valence-electron chi connectivity index (χ3n) is 1.82. The fourth-order valence-electron chi connectivity index (χ4n) is 1.01. The number of amides is 1. The van der Waals surface area contributed by atoms with E-state index in [1.165, 1.54) is 6.92 Å². The summed E-state index contributed by atoms with van der Waals surface area (Å²) in [6, 6.07) is 0.893. The third kappa shape index (κ3) is 1.78. The second-order valence-corrected chi connectivity index (χ2v) is 2.76. The standard InChI is InChI=1S/C8H8F2N2O2/c1-3-4(6(9)10)2-5(7(11)13)12-8(3)14/h2,6H,1H3,(H2,11,13)(H,12,14). The zero-order chi connectivity index (χ0) is 10.9. The van der Waals surface area contributed by atoms with E-state index < -0.39 is 23.5 Å². The maximum absolute atomic E-state index is 12.3. The van der Waals surface area contributed by atoms with Gasteiger partial charge in [0.25, 0.3) is 17.9 Å². The van der Waals surface area contributed by atoms with Crippen molar-refractivity contribution < 1.29 is 13.6 Å². The van der Waals surface area contributed by atoms with E-state index in [2.05, 4.69) is 4.98 Å². The molecule has 0 atom stereocenters. The molecule has 0 saturated carbocycles. The van der Waals surface area contributed by atoms with E-state index in [0.29, 0.717) is 0 Å². The number of aromatic nitrogens is 1. The van der Waals surface area contributed by atoms with Crippen LogP contribution in [0, 0.1) is 6.92 Å². The van der Waals surface area contributed by atoms with Crippen LogP contribution in [0.4, 0.5) is 8.78 Å². The lowest BCUT2D eigenvalue weighted by Crippen LogP contribution is -2.21. The molecule has 1 heterocycles. The molecule has 6 heteroatoms. The van der Waals surface area contributed by atoms with E-state index in [4.69, 9.17) is 5.73 Å². The van der Waals surface area contributed by atoms with Gasteiger partial charge >= 0.3 is 0 Å². The minimum atomic E-state index is -2.80. The van der Waals surface area contributed by atoms with Crippen molar-refractivity contribution in [1.82, 2.24) is 4.98 Å². The monoisotopic (exact) mass is 202 g/mol. The van der Waals surface area contributed by atoms with Gasteiger partial charge in [-0.3, -0.25) is 9.59 Å². The molecule has 14 heavy (non-hydrogen) atoms. The largest absolute Gasteiger partial charge is 0.364 e. The molecule has 0 fully saturated rings.